The van der Waals surface area contributed by atoms with Gasteiger partial charge in [-0.25, -0.2) is 0 Å². The van der Waals surface area contributed by atoms with Crippen LogP contribution in [-0.4, -0.2) is 24.6 Å². The second-order valence-corrected chi connectivity index (χ2v) is 13.4. The van der Waals surface area contributed by atoms with E-state index in [1.54, 1.807) is 0 Å². The molecule has 4 aromatic heterocycles. The Balaban J connectivity index is 1.34. The first-order valence-electron chi connectivity index (χ1n) is 16.4. The SMILES string of the molecule is c1cc2c3c(c1)-n1c4ccccc4n4c5cc6ccccc6cc5c(c14)B3c1c3cc4ccccc4cc3n3c4ccccc4n-2c13. The van der Waals surface area contributed by atoms with Gasteiger partial charge in [-0.1, -0.05) is 78.9 Å². The summed E-state index contributed by atoms with van der Waals surface area (Å²) in [6.45, 7) is 0.0668. The zero-order valence-corrected chi connectivity index (χ0v) is 25.1. The van der Waals surface area contributed by atoms with Gasteiger partial charge >= 0.3 is 0 Å². The number of fused-ring (bicyclic) bond motifs is 18. The molecule has 0 fully saturated rings. The highest BCUT2D eigenvalue weighted by molar-refractivity contribution is 7.02. The second kappa shape index (κ2) is 7.60. The van der Waals surface area contributed by atoms with Crippen molar-refractivity contribution in [3.63, 3.8) is 0 Å². The Morgan fingerprint density at radius 2 is 0.745 bits per heavy atom. The van der Waals surface area contributed by atoms with Crippen molar-refractivity contribution in [2.45, 2.75) is 0 Å². The predicted molar refractivity (Wildman–Crippen MR) is 197 cm³/mol. The Morgan fingerprint density at radius 3 is 1.21 bits per heavy atom. The topological polar surface area (TPSA) is 18.7 Å². The molecular weight excluding hydrogens is 571 g/mol. The standard InChI is InChI=1S/C42H23BN4/c1-3-12-26-22-36-28(20-24(26)10-1)38-41-44(30-14-5-7-16-32(30)46(36)41)34-18-9-19-35-40(34)43(38)39-29-21-25-11-2-4-13-27(25)23-37(29)47-33-17-8-6-15-31(33)45(35)42(39)47/h1-23H. The highest BCUT2D eigenvalue weighted by Crippen LogP contribution is 2.40. The van der Waals surface area contributed by atoms with E-state index in [2.05, 4.69) is 157 Å². The van der Waals surface area contributed by atoms with Crippen LogP contribution < -0.4 is 16.4 Å². The van der Waals surface area contributed by atoms with Crippen LogP contribution in [0.5, 0.6) is 0 Å². The van der Waals surface area contributed by atoms with Gasteiger partial charge < -0.3 is 0 Å². The third-order valence-electron chi connectivity index (χ3n) is 11.3. The highest BCUT2D eigenvalue weighted by Gasteiger charge is 2.44. The van der Waals surface area contributed by atoms with Crippen molar-refractivity contribution >= 4 is 99.8 Å². The molecule has 0 N–H and O–H groups in total. The molecule has 2 aliphatic heterocycles. The maximum Gasteiger partial charge on any atom is 0.258 e. The van der Waals surface area contributed by atoms with E-state index >= 15 is 0 Å². The van der Waals surface area contributed by atoms with Gasteiger partial charge in [-0.3, -0.25) is 17.9 Å². The smallest absolute Gasteiger partial charge is 0.258 e. The van der Waals surface area contributed by atoms with Crippen LogP contribution in [0.25, 0.3) is 88.1 Å². The summed E-state index contributed by atoms with van der Waals surface area (Å²) >= 11 is 0. The molecule has 0 radical (unpaired) electrons. The van der Waals surface area contributed by atoms with Crippen LogP contribution in [0.2, 0.25) is 0 Å². The average molecular weight is 594 g/mol. The van der Waals surface area contributed by atoms with Gasteiger partial charge in [0.25, 0.3) is 6.71 Å². The quantitative estimate of drug-likeness (QED) is 0.159. The number of para-hydroxylation sites is 4. The summed E-state index contributed by atoms with van der Waals surface area (Å²) in [5.41, 5.74) is 16.8. The summed E-state index contributed by atoms with van der Waals surface area (Å²) in [6.07, 6.45) is 0. The Kier molecular flexibility index (Phi) is 3.75. The zero-order valence-electron chi connectivity index (χ0n) is 25.1. The lowest BCUT2D eigenvalue weighted by Gasteiger charge is -2.31. The summed E-state index contributed by atoms with van der Waals surface area (Å²) in [4.78, 5) is 0. The van der Waals surface area contributed by atoms with Gasteiger partial charge in [-0.2, -0.15) is 0 Å². The summed E-state index contributed by atoms with van der Waals surface area (Å²) < 4.78 is 10.2. The highest BCUT2D eigenvalue weighted by atomic mass is 15.2. The summed E-state index contributed by atoms with van der Waals surface area (Å²) in [7, 11) is 0. The molecule has 4 nitrogen and oxygen atoms in total. The van der Waals surface area contributed by atoms with Gasteiger partial charge in [0.1, 0.15) is 11.3 Å². The molecule has 0 saturated heterocycles. The molecule has 0 aliphatic carbocycles. The molecule has 0 saturated carbocycles. The maximum atomic E-state index is 2.55. The largest absolute Gasteiger partial charge is 0.295 e. The molecule has 214 valence electrons. The van der Waals surface area contributed by atoms with Gasteiger partial charge in [-0.05, 0) is 109 Å². The van der Waals surface area contributed by atoms with E-state index in [4.69, 9.17) is 0 Å². The normalized spacial score (nSPS) is 13.5. The zero-order chi connectivity index (χ0) is 30.1. The number of rotatable bonds is 0. The molecule has 2 aliphatic rings. The van der Waals surface area contributed by atoms with E-state index in [0.717, 1.165) is 0 Å². The number of imidazole rings is 2. The molecule has 0 bridgehead atoms. The first-order chi connectivity index (χ1) is 23.3. The number of benzene rings is 7. The maximum absolute atomic E-state index is 2.55. The number of nitrogens with zero attached hydrogens (tertiary/aromatic N) is 4. The van der Waals surface area contributed by atoms with Crippen LogP contribution in [0.4, 0.5) is 0 Å². The van der Waals surface area contributed by atoms with Crippen molar-refractivity contribution in [1.29, 1.82) is 0 Å². The average Bonchev–Trinajstić information content (AvgIpc) is 3.84. The molecule has 5 heteroatoms. The lowest BCUT2D eigenvalue weighted by Crippen LogP contribution is -2.59. The van der Waals surface area contributed by atoms with Gasteiger partial charge in [0.05, 0.1) is 33.1 Å². The Bertz CT molecular complexity index is 3040. The van der Waals surface area contributed by atoms with E-state index < -0.39 is 0 Å². The van der Waals surface area contributed by atoms with Crippen molar-refractivity contribution in [2.24, 2.45) is 0 Å². The van der Waals surface area contributed by atoms with Gasteiger partial charge in [0.15, 0.2) is 0 Å². The predicted octanol–water partition coefficient (Wildman–Crippen LogP) is 7.84. The molecular formula is C42H23BN4. The van der Waals surface area contributed by atoms with E-state index in [1.807, 2.05) is 0 Å². The minimum atomic E-state index is 0.0668. The molecule has 13 rings (SSSR count). The lowest BCUT2D eigenvalue weighted by atomic mass is 9.34. The number of hydrogen-bond donors (Lipinski definition) is 0. The number of hydrogen-bond acceptors (Lipinski definition) is 0. The van der Waals surface area contributed by atoms with Crippen LogP contribution >= 0.6 is 0 Å². The molecule has 0 amide bonds. The van der Waals surface area contributed by atoms with Crippen LogP contribution in [0.3, 0.4) is 0 Å². The Hall–Kier alpha value is -6.20. The minimum Gasteiger partial charge on any atom is -0.295 e. The fourth-order valence-electron chi connectivity index (χ4n) is 9.53. The van der Waals surface area contributed by atoms with Crippen molar-refractivity contribution in [3.8, 4) is 11.4 Å². The van der Waals surface area contributed by atoms with Crippen molar-refractivity contribution in [3.05, 3.63) is 140 Å². The Labute approximate surface area is 268 Å². The van der Waals surface area contributed by atoms with Gasteiger partial charge in [-0.15, -0.1) is 0 Å². The van der Waals surface area contributed by atoms with E-state index in [1.165, 1.54) is 104 Å². The minimum absolute atomic E-state index is 0.0668. The fourth-order valence-corrected chi connectivity index (χ4v) is 9.53. The molecule has 0 atom stereocenters. The first-order valence-corrected chi connectivity index (χ1v) is 16.4. The third kappa shape index (κ3) is 2.47. The lowest BCUT2D eigenvalue weighted by molar-refractivity contribution is 1.12. The van der Waals surface area contributed by atoms with E-state index in [9.17, 15) is 0 Å². The second-order valence-electron chi connectivity index (χ2n) is 13.4. The molecule has 0 unspecified atom stereocenters. The number of aromatic nitrogens is 4. The van der Waals surface area contributed by atoms with Crippen molar-refractivity contribution in [2.75, 3.05) is 0 Å². The molecule has 11 aromatic rings. The van der Waals surface area contributed by atoms with Gasteiger partial charge in [0.2, 0.25) is 0 Å². The summed E-state index contributed by atoms with van der Waals surface area (Å²) in [6, 6.07) is 52.2. The van der Waals surface area contributed by atoms with E-state index in [-0.39, 0.29) is 6.71 Å². The van der Waals surface area contributed by atoms with Crippen LogP contribution in [-0.2, 0) is 0 Å². The monoisotopic (exact) mass is 594 g/mol. The Morgan fingerprint density at radius 1 is 0.340 bits per heavy atom. The van der Waals surface area contributed by atoms with Crippen molar-refractivity contribution in [1.82, 2.24) is 17.9 Å². The first kappa shape index (κ1) is 23.2. The van der Waals surface area contributed by atoms with Gasteiger partial charge in [0, 0.05) is 11.4 Å². The van der Waals surface area contributed by atoms with E-state index in [0.29, 0.717) is 0 Å². The fraction of sp³-hybridized carbons (Fsp3) is 0. The third-order valence-corrected chi connectivity index (χ3v) is 11.3. The van der Waals surface area contributed by atoms with Crippen LogP contribution in [0.1, 0.15) is 0 Å². The summed E-state index contributed by atoms with van der Waals surface area (Å²) in [5.74, 6) is 0. The molecule has 7 aromatic carbocycles. The molecule has 47 heavy (non-hydrogen) atoms. The van der Waals surface area contributed by atoms with Crippen molar-refractivity contribution < 1.29 is 0 Å². The molecule has 6 heterocycles. The summed E-state index contributed by atoms with van der Waals surface area (Å²) in [5, 5.41) is 7.77. The van der Waals surface area contributed by atoms with Crippen LogP contribution in [0, 0.1) is 0 Å². The van der Waals surface area contributed by atoms with Crippen LogP contribution in [0.15, 0.2) is 140 Å². The molecule has 0 spiro atoms.